The van der Waals surface area contributed by atoms with Crippen LogP contribution in [0.5, 0.6) is 0 Å². The first-order valence-electron chi connectivity index (χ1n) is 7.29. The lowest BCUT2D eigenvalue weighted by atomic mass is 10.0. The van der Waals surface area contributed by atoms with Gasteiger partial charge in [0.05, 0.1) is 0 Å². The van der Waals surface area contributed by atoms with Crippen molar-refractivity contribution >= 4 is 0 Å². The molecule has 0 unspecified atom stereocenters. The predicted molar refractivity (Wildman–Crippen MR) is 75.5 cm³/mol. The van der Waals surface area contributed by atoms with Crippen LogP contribution in [0.15, 0.2) is 0 Å². The molecule has 1 rings (SSSR count). The number of rotatable bonds is 7. The summed E-state index contributed by atoms with van der Waals surface area (Å²) in [4.78, 5) is 5.12. The molecule has 17 heavy (non-hydrogen) atoms. The molecule has 1 aliphatic rings. The lowest BCUT2D eigenvalue weighted by Gasteiger charge is -2.36. The molecule has 3 nitrogen and oxygen atoms in total. The van der Waals surface area contributed by atoms with Gasteiger partial charge in [-0.05, 0) is 59.0 Å². The van der Waals surface area contributed by atoms with E-state index in [0.29, 0.717) is 6.04 Å². The van der Waals surface area contributed by atoms with Gasteiger partial charge in [0, 0.05) is 12.1 Å². The number of nitrogens with one attached hydrogen (secondary N) is 1. The zero-order valence-corrected chi connectivity index (χ0v) is 12.2. The highest BCUT2D eigenvalue weighted by atomic mass is 15.2. The first-order chi connectivity index (χ1) is 8.13. The third-order valence-corrected chi connectivity index (χ3v) is 3.87. The molecule has 0 aromatic rings. The van der Waals surface area contributed by atoms with Crippen LogP contribution in [0.1, 0.15) is 40.0 Å². The predicted octanol–water partition coefficient (Wildman–Crippen LogP) is 1.79. The SMILES string of the molecule is CCN1CCC(N(C)CCCNC(C)C)CC1. The Morgan fingerprint density at radius 3 is 2.47 bits per heavy atom. The number of nitrogens with zero attached hydrogens (tertiary/aromatic N) is 2. The molecule has 0 amide bonds. The summed E-state index contributed by atoms with van der Waals surface area (Å²) < 4.78 is 0. The third kappa shape index (κ3) is 5.84. The maximum absolute atomic E-state index is 3.49. The van der Waals surface area contributed by atoms with Crippen molar-refractivity contribution in [1.82, 2.24) is 15.1 Å². The highest BCUT2D eigenvalue weighted by Gasteiger charge is 2.20. The average molecular weight is 241 g/mol. The fourth-order valence-electron chi connectivity index (χ4n) is 2.58. The monoisotopic (exact) mass is 241 g/mol. The van der Waals surface area contributed by atoms with Crippen molar-refractivity contribution in [2.24, 2.45) is 0 Å². The minimum atomic E-state index is 0.619. The van der Waals surface area contributed by atoms with E-state index in [4.69, 9.17) is 0 Å². The smallest absolute Gasteiger partial charge is 0.0117 e. The molecule has 0 spiro atoms. The van der Waals surface area contributed by atoms with Crippen LogP contribution in [0.25, 0.3) is 0 Å². The third-order valence-electron chi connectivity index (χ3n) is 3.87. The zero-order chi connectivity index (χ0) is 12.7. The Hall–Kier alpha value is -0.120. The Kier molecular flexibility index (Phi) is 7.09. The normalized spacial score (nSPS) is 19.4. The minimum absolute atomic E-state index is 0.619. The number of likely N-dealkylation sites (tertiary alicyclic amines) is 1. The van der Waals surface area contributed by atoms with Gasteiger partial charge in [-0.1, -0.05) is 20.8 Å². The Labute approximate surface area is 108 Å². The van der Waals surface area contributed by atoms with Gasteiger partial charge in [-0.15, -0.1) is 0 Å². The molecule has 0 saturated carbocycles. The molecule has 1 heterocycles. The lowest BCUT2D eigenvalue weighted by molar-refractivity contribution is 0.130. The van der Waals surface area contributed by atoms with Crippen molar-refractivity contribution in [2.75, 3.05) is 39.8 Å². The van der Waals surface area contributed by atoms with Gasteiger partial charge >= 0.3 is 0 Å². The molecular weight excluding hydrogens is 210 g/mol. The average Bonchev–Trinajstić information content (AvgIpc) is 2.34. The molecule has 0 aromatic heterocycles. The topological polar surface area (TPSA) is 18.5 Å². The number of hydrogen-bond donors (Lipinski definition) is 1. The van der Waals surface area contributed by atoms with Crippen molar-refractivity contribution in [1.29, 1.82) is 0 Å². The van der Waals surface area contributed by atoms with Crippen molar-refractivity contribution in [3.05, 3.63) is 0 Å². The summed E-state index contributed by atoms with van der Waals surface area (Å²) in [5.74, 6) is 0. The van der Waals surface area contributed by atoms with Gasteiger partial charge in [0.25, 0.3) is 0 Å². The fourth-order valence-corrected chi connectivity index (χ4v) is 2.58. The van der Waals surface area contributed by atoms with E-state index in [0.717, 1.165) is 12.6 Å². The molecule has 0 aromatic carbocycles. The molecule has 1 N–H and O–H groups in total. The number of hydrogen-bond acceptors (Lipinski definition) is 3. The molecular formula is C14H31N3. The van der Waals surface area contributed by atoms with Crippen molar-refractivity contribution in [3.63, 3.8) is 0 Å². The molecule has 3 heteroatoms. The Morgan fingerprint density at radius 1 is 1.29 bits per heavy atom. The molecule has 0 aliphatic carbocycles. The Morgan fingerprint density at radius 2 is 1.94 bits per heavy atom. The highest BCUT2D eigenvalue weighted by molar-refractivity contribution is 4.77. The molecule has 102 valence electrons. The highest BCUT2D eigenvalue weighted by Crippen LogP contribution is 2.14. The second kappa shape index (κ2) is 8.06. The van der Waals surface area contributed by atoms with Crippen LogP contribution < -0.4 is 5.32 Å². The van der Waals surface area contributed by atoms with Crippen LogP contribution in [0.4, 0.5) is 0 Å². The van der Waals surface area contributed by atoms with Crippen LogP contribution in [-0.2, 0) is 0 Å². The zero-order valence-electron chi connectivity index (χ0n) is 12.2. The molecule has 0 atom stereocenters. The van der Waals surface area contributed by atoms with Crippen LogP contribution in [0.2, 0.25) is 0 Å². The summed E-state index contributed by atoms with van der Waals surface area (Å²) in [6.07, 6.45) is 3.96. The van der Waals surface area contributed by atoms with E-state index in [-0.39, 0.29) is 0 Å². The van der Waals surface area contributed by atoms with Gasteiger partial charge in [0.15, 0.2) is 0 Å². The number of piperidine rings is 1. The van der Waals surface area contributed by atoms with Crippen molar-refractivity contribution < 1.29 is 0 Å². The van der Waals surface area contributed by atoms with E-state index in [1.807, 2.05) is 0 Å². The quantitative estimate of drug-likeness (QED) is 0.686. The van der Waals surface area contributed by atoms with Gasteiger partial charge in [-0.3, -0.25) is 0 Å². The second-order valence-electron chi connectivity index (χ2n) is 5.61. The first kappa shape index (κ1) is 14.9. The molecule has 0 bridgehead atoms. The van der Waals surface area contributed by atoms with Crippen LogP contribution >= 0.6 is 0 Å². The summed E-state index contributed by atoms with van der Waals surface area (Å²) in [7, 11) is 2.29. The van der Waals surface area contributed by atoms with Gasteiger partial charge in [0.2, 0.25) is 0 Å². The van der Waals surface area contributed by atoms with E-state index < -0.39 is 0 Å². The van der Waals surface area contributed by atoms with Gasteiger partial charge < -0.3 is 15.1 Å². The van der Waals surface area contributed by atoms with Crippen LogP contribution in [-0.4, -0.2) is 61.7 Å². The summed E-state index contributed by atoms with van der Waals surface area (Å²) in [6.45, 7) is 12.9. The summed E-state index contributed by atoms with van der Waals surface area (Å²) in [5.41, 5.74) is 0. The summed E-state index contributed by atoms with van der Waals surface area (Å²) in [5, 5.41) is 3.49. The minimum Gasteiger partial charge on any atom is -0.314 e. The standard InChI is InChI=1S/C14H31N3/c1-5-17-11-7-14(8-12-17)16(4)10-6-9-15-13(2)3/h13-15H,5-12H2,1-4H3. The fraction of sp³-hybridized carbons (Fsp3) is 1.00. The summed E-state index contributed by atoms with van der Waals surface area (Å²) in [6, 6.07) is 1.44. The van der Waals surface area contributed by atoms with E-state index in [1.165, 1.54) is 45.4 Å². The molecule has 0 radical (unpaired) electrons. The van der Waals surface area contributed by atoms with E-state index in [2.05, 4.69) is 42.9 Å². The maximum atomic E-state index is 3.49. The van der Waals surface area contributed by atoms with E-state index in [1.54, 1.807) is 0 Å². The Balaban J connectivity index is 2.09. The van der Waals surface area contributed by atoms with Crippen molar-refractivity contribution in [2.45, 2.75) is 52.1 Å². The largest absolute Gasteiger partial charge is 0.314 e. The van der Waals surface area contributed by atoms with Crippen molar-refractivity contribution in [3.8, 4) is 0 Å². The second-order valence-corrected chi connectivity index (χ2v) is 5.61. The summed E-state index contributed by atoms with van der Waals surface area (Å²) >= 11 is 0. The maximum Gasteiger partial charge on any atom is 0.0117 e. The van der Waals surface area contributed by atoms with Crippen LogP contribution in [0, 0.1) is 0 Å². The lowest BCUT2D eigenvalue weighted by Crippen LogP contribution is -2.43. The van der Waals surface area contributed by atoms with Gasteiger partial charge in [-0.2, -0.15) is 0 Å². The molecule has 1 aliphatic heterocycles. The van der Waals surface area contributed by atoms with Crippen LogP contribution in [0.3, 0.4) is 0 Å². The first-order valence-corrected chi connectivity index (χ1v) is 7.29. The Bertz CT molecular complexity index is 186. The van der Waals surface area contributed by atoms with E-state index >= 15 is 0 Å². The van der Waals surface area contributed by atoms with E-state index in [9.17, 15) is 0 Å². The molecule has 1 fully saturated rings. The molecule has 1 saturated heterocycles. The van der Waals surface area contributed by atoms with Gasteiger partial charge in [0.1, 0.15) is 0 Å². The van der Waals surface area contributed by atoms with Gasteiger partial charge in [-0.25, -0.2) is 0 Å².